The summed E-state index contributed by atoms with van der Waals surface area (Å²) in [4.78, 5) is 4.97. The lowest BCUT2D eigenvalue weighted by Gasteiger charge is -2.40. The molecule has 3 rings (SSSR count). The van der Waals surface area contributed by atoms with Gasteiger partial charge in [-0.1, -0.05) is 6.07 Å². The molecule has 0 saturated carbocycles. The van der Waals surface area contributed by atoms with E-state index < -0.39 is 0 Å². The van der Waals surface area contributed by atoms with E-state index in [1.54, 1.807) is 6.07 Å². The van der Waals surface area contributed by atoms with Crippen molar-refractivity contribution in [2.45, 2.75) is 31.8 Å². The predicted molar refractivity (Wildman–Crippen MR) is 72.6 cm³/mol. The van der Waals surface area contributed by atoms with Gasteiger partial charge in [0.2, 0.25) is 0 Å². The monoisotopic (exact) mass is 264 g/mol. The minimum absolute atomic E-state index is 0.0707. The van der Waals surface area contributed by atoms with Crippen LogP contribution >= 0.6 is 0 Å². The van der Waals surface area contributed by atoms with Crippen molar-refractivity contribution >= 4 is 0 Å². The Morgan fingerprint density at radius 1 is 1.32 bits per heavy atom. The van der Waals surface area contributed by atoms with Crippen LogP contribution in [0.4, 0.5) is 4.39 Å². The molecule has 3 nitrogen and oxygen atoms in total. The molecule has 2 saturated heterocycles. The molecular weight excluding hydrogens is 243 g/mol. The molecule has 0 bridgehead atoms. The van der Waals surface area contributed by atoms with Crippen LogP contribution in [0.1, 0.15) is 31.4 Å². The molecule has 1 aromatic rings. The van der Waals surface area contributed by atoms with Gasteiger partial charge in [0.05, 0.1) is 0 Å². The third-order valence-corrected chi connectivity index (χ3v) is 4.61. The third-order valence-electron chi connectivity index (χ3n) is 4.61. The molecule has 0 amide bonds. The van der Waals surface area contributed by atoms with E-state index in [2.05, 4.69) is 16.7 Å². The van der Waals surface area contributed by atoms with Gasteiger partial charge in [0, 0.05) is 43.3 Å². The molecule has 2 heterocycles. The Labute approximate surface area is 113 Å². The number of hydrogen-bond acceptors (Lipinski definition) is 3. The van der Waals surface area contributed by atoms with E-state index in [0.717, 1.165) is 25.2 Å². The lowest BCUT2D eigenvalue weighted by Crippen LogP contribution is -2.50. The topological polar surface area (TPSA) is 26.7 Å². The molecule has 4 heteroatoms. The zero-order valence-corrected chi connectivity index (χ0v) is 11.3. The van der Waals surface area contributed by atoms with E-state index in [1.807, 2.05) is 0 Å². The Morgan fingerprint density at radius 3 is 2.95 bits per heavy atom. The second-order valence-corrected chi connectivity index (χ2v) is 5.71. The number of fused-ring (bicyclic) bond motifs is 1. The minimum Gasteiger partial charge on any atom is -0.508 e. The fourth-order valence-electron chi connectivity index (χ4n) is 3.43. The van der Waals surface area contributed by atoms with Crippen LogP contribution in [0.15, 0.2) is 18.2 Å². The number of phenols is 1. The third kappa shape index (κ3) is 2.47. The van der Waals surface area contributed by atoms with Gasteiger partial charge in [0.15, 0.2) is 0 Å². The fourth-order valence-corrected chi connectivity index (χ4v) is 3.43. The standard InChI is InChI=1S/C15H21FN2O/c1-11(14-5-4-12(16)9-15(14)19)18-8-7-17-6-2-3-13(17)10-18/h4-5,9,11,13,19H,2-3,6-8,10H2,1H3. The molecule has 2 atom stereocenters. The highest BCUT2D eigenvalue weighted by Crippen LogP contribution is 2.32. The van der Waals surface area contributed by atoms with Crippen LogP contribution in [0.3, 0.4) is 0 Å². The second kappa shape index (κ2) is 5.10. The number of hydrogen-bond donors (Lipinski definition) is 1. The predicted octanol–water partition coefficient (Wildman–Crippen LogP) is 2.37. The van der Waals surface area contributed by atoms with E-state index in [9.17, 15) is 9.50 Å². The maximum Gasteiger partial charge on any atom is 0.126 e. The van der Waals surface area contributed by atoms with E-state index >= 15 is 0 Å². The molecular formula is C15H21FN2O. The number of aromatic hydroxyl groups is 1. The van der Waals surface area contributed by atoms with Gasteiger partial charge < -0.3 is 5.11 Å². The summed E-state index contributed by atoms with van der Waals surface area (Å²) in [5.74, 6) is -0.310. The summed E-state index contributed by atoms with van der Waals surface area (Å²) in [6, 6.07) is 5.15. The molecule has 2 fully saturated rings. The average molecular weight is 264 g/mol. The number of nitrogens with zero attached hydrogens (tertiary/aromatic N) is 2. The van der Waals surface area contributed by atoms with Crippen LogP contribution in [0.2, 0.25) is 0 Å². The lowest BCUT2D eigenvalue weighted by atomic mass is 10.0. The lowest BCUT2D eigenvalue weighted by molar-refractivity contribution is 0.0762. The highest BCUT2D eigenvalue weighted by Gasteiger charge is 2.33. The van der Waals surface area contributed by atoms with Crippen molar-refractivity contribution in [3.8, 4) is 5.75 Å². The Morgan fingerprint density at radius 2 is 2.16 bits per heavy atom. The van der Waals surface area contributed by atoms with Crippen LogP contribution < -0.4 is 0 Å². The van der Waals surface area contributed by atoms with Gasteiger partial charge in [0.25, 0.3) is 0 Å². The summed E-state index contributed by atoms with van der Waals surface area (Å²) >= 11 is 0. The van der Waals surface area contributed by atoms with Gasteiger partial charge >= 0.3 is 0 Å². The van der Waals surface area contributed by atoms with Gasteiger partial charge in [-0.05, 0) is 32.4 Å². The molecule has 2 unspecified atom stereocenters. The summed E-state index contributed by atoms with van der Waals surface area (Å²) in [5.41, 5.74) is 0.827. The summed E-state index contributed by atoms with van der Waals surface area (Å²) in [6.45, 7) is 6.51. The second-order valence-electron chi connectivity index (χ2n) is 5.71. The van der Waals surface area contributed by atoms with E-state index in [1.165, 1.54) is 31.5 Å². The maximum atomic E-state index is 13.0. The number of benzene rings is 1. The summed E-state index contributed by atoms with van der Waals surface area (Å²) in [6.07, 6.45) is 2.58. The molecule has 2 aliphatic rings. The Bertz CT molecular complexity index is 465. The quantitative estimate of drug-likeness (QED) is 0.888. The highest BCUT2D eigenvalue weighted by atomic mass is 19.1. The zero-order chi connectivity index (χ0) is 13.4. The largest absolute Gasteiger partial charge is 0.508 e. The maximum absolute atomic E-state index is 13.0. The van der Waals surface area contributed by atoms with Crippen LogP contribution in [0.5, 0.6) is 5.75 Å². The van der Waals surface area contributed by atoms with Crippen LogP contribution in [-0.4, -0.2) is 47.1 Å². The first-order valence-corrected chi connectivity index (χ1v) is 7.11. The van der Waals surface area contributed by atoms with Crippen molar-refractivity contribution in [3.63, 3.8) is 0 Å². The Hall–Kier alpha value is -1.13. The van der Waals surface area contributed by atoms with Gasteiger partial charge in [0.1, 0.15) is 11.6 Å². The van der Waals surface area contributed by atoms with Crippen LogP contribution in [-0.2, 0) is 0 Å². The summed E-state index contributed by atoms with van der Waals surface area (Å²) in [5, 5.41) is 9.90. The van der Waals surface area contributed by atoms with E-state index in [4.69, 9.17) is 0 Å². The van der Waals surface area contributed by atoms with Crippen LogP contribution in [0.25, 0.3) is 0 Å². The first kappa shape index (κ1) is 12.9. The first-order valence-electron chi connectivity index (χ1n) is 7.11. The summed E-state index contributed by atoms with van der Waals surface area (Å²) in [7, 11) is 0. The zero-order valence-electron chi connectivity index (χ0n) is 11.3. The van der Waals surface area contributed by atoms with Gasteiger partial charge in [-0.2, -0.15) is 0 Å². The number of rotatable bonds is 2. The average Bonchev–Trinajstić information content (AvgIpc) is 2.85. The number of halogens is 1. The Kier molecular flexibility index (Phi) is 3.46. The smallest absolute Gasteiger partial charge is 0.126 e. The molecule has 0 radical (unpaired) electrons. The molecule has 2 aliphatic heterocycles. The Balaban J connectivity index is 1.74. The van der Waals surface area contributed by atoms with Gasteiger partial charge in [-0.15, -0.1) is 0 Å². The molecule has 1 aromatic carbocycles. The molecule has 1 N–H and O–H groups in total. The van der Waals surface area contributed by atoms with Crippen molar-refractivity contribution in [3.05, 3.63) is 29.6 Å². The minimum atomic E-state index is -0.380. The highest BCUT2D eigenvalue weighted by molar-refractivity contribution is 5.35. The summed E-state index contributed by atoms with van der Waals surface area (Å²) < 4.78 is 13.0. The van der Waals surface area contributed by atoms with Crippen molar-refractivity contribution in [2.75, 3.05) is 26.2 Å². The number of phenolic OH excluding ortho intramolecular Hbond substituents is 1. The van der Waals surface area contributed by atoms with Crippen molar-refractivity contribution < 1.29 is 9.50 Å². The molecule has 0 aromatic heterocycles. The van der Waals surface area contributed by atoms with Crippen molar-refractivity contribution in [1.82, 2.24) is 9.80 Å². The van der Waals surface area contributed by atoms with Gasteiger partial charge in [-0.25, -0.2) is 4.39 Å². The molecule has 0 spiro atoms. The van der Waals surface area contributed by atoms with Crippen molar-refractivity contribution in [1.29, 1.82) is 0 Å². The number of piperazine rings is 1. The fraction of sp³-hybridized carbons (Fsp3) is 0.600. The van der Waals surface area contributed by atoms with Gasteiger partial charge in [-0.3, -0.25) is 9.80 Å². The van der Waals surface area contributed by atoms with E-state index in [-0.39, 0.29) is 17.6 Å². The van der Waals surface area contributed by atoms with E-state index in [0.29, 0.717) is 6.04 Å². The normalized spacial score (nSPS) is 26.3. The molecule has 0 aliphatic carbocycles. The first-order chi connectivity index (χ1) is 9.15. The SMILES string of the molecule is CC(c1ccc(F)cc1O)N1CCN2CCCC2C1. The van der Waals surface area contributed by atoms with Crippen LogP contribution in [0, 0.1) is 5.82 Å². The molecule has 19 heavy (non-hydrogen) atoms. The van der Waals surface area contributed by atoms with Crippen molar-refractivity contribution in [2.24, 2.45) is 0 Å². The molecule has 104 valence electrons.